The van der Waals surface area contributed by atoms with Gasteiger partial charge in [0.25, 0.3) is 0 Å². The molecule has 0 N–H and O–H groups in total. The van der Waals surface area contributed by atoms with E-state index in [9.17, 15) is 13.2 Å². The number of nitrogens with zero attached hydrogens (tertiary/aromatic N) is 2. The minimum absolute atomic E-state index is 0.168. The van der Waals surface area contributed by atoms with Gasteiger partial charge in [-0.2, -0.15) is 13.2 Å². The van der Waals surface area contributed by atoms with Crippen LogP contribution in [0, 0.1) is 12.8 Å². The maximum Gasteiger partial charge on any atom is 0.420 e. The topological polar surface area (TPSA) is 29.3 Å². The Morgan fingerprint density at radius 1 is 1.38 bits per heavy atom. The van der Waals surface area contributed by atoms with E-state index < -0.39 is 11.7 Å². The van der Waals surface area contributed by atoms with Crippen molar-refractivity contribution in [1.29, 1.82) is 0 Å². The highest BCUT2D eigenvalue weighted by molar-refractivity contribution is 5.78. The summed E-state index contributed by atoms with van der Waals surface area (Å²) < 4.78 is 44.7. The Balaban J connectivity index is 1.99. The van der Waals surface area contributed by atoms with Gasteiger partial charge in [0.05, 0.1) is 0 Å². The Kier molecular flexibility index (Phi) is 3.43. The number of likely N-dealkylation sites (tertiary alicyclic amines) is 1. The molecular formula is C15H17F3N2O. The average molecular weight is 298 g/mol. The number of benzene rings is 1. The molecule has 1 saturated heterocycles. The van der Waals surface area contributed by atoms with Gasteiger partial charge in [-0.3, -0.25) is 4.90 Å². The Hall–Kier alpha value is -1.56. The van der Waals surface area contributed by atoms with E-state index in [4.69, 9.17) is 4.42 Å². The van der Waals surface area contributed by atoms with Gasteiger partial charge in [0.2, 0.25) is 0 Å². The highest BCUT2D eigenvalue weighted by Gasteiger charge is 2.35. The molecule has 0 amide bonds. The maximum absolute atomic E-state index is 13.2. The van der Waals surface area contributed by atoms with E-state index >= 15 is 0 Å². The molecule has 0 bridgehead atoms. The van der Waals surface area contributed by atoms with Crippen molar-refractivity contribution in [1.82, 2.24) is 9.88 Å². The van der Waals surface area contributed by atoms with Gasteiger partial charge in [-0.15, -0.1) is 0 Å². The van der Waals surface area contributed by atoms with Crippen LogP contribution in [0.25, 0.3) is 11.1 Å². The molecule has 0 saturated carbocycles. The summed E-state index contributed by atoms with van der Waals surface area (Å²) in [5, 5.41) is 0. The number of alkyl halides is 3. The normalized spacial score (nSPS) is 20.5. The number of rotatable bonds is 2. The molecule has 21 heavy (non-hydrogen) atoms. The van der Waals surface area contributed by atoms with Gasteiger partial charge < -0.3 is 4.42 Å². The molecule has 0 unspecified atom stereocenters. The molecule has 6 heteroatoms. The maximum atomic E-state index is 13.2. The molecule has 1 aromatic heterocycles. The molecule has 3 nitrogen and oxygen atoms in total. The zero-order valence-electron chi connectivity index (χ0n) is 12.0. The van der Waals surface area contributed by atoms with Crippen molar-refractivity contribution >= 4 is 11.1 Å². The molecule has 2 aromatic rings. The lowest BCUT2D eigenvalue weighted by molar-refractivity contribution is -0.136. The Labute approximate surface area is 120 Å². The van der Waals surface area contributed by atoms with Gasteiger partial charge in [-0.05, 0) is 36.6 Å². The van der Waals surface area contributed by atoms with Crippen LogP contribution in [0.1, 0.15) is 30.4 Å². The number of oxazole rings is 1. The molecule has 3 rings (SSSR count). The lowest BCUT2D eigenvalue weighted by Gasteiger charge is -2.16. The van der Waals surface area contributed by atoms with E-state index in [1.54, 1.807) is 13.0 Å². The molecule has 0 aliphatic carbocycles. The predicted octanol–water partition coefficient (Wildman–Crippen LogP) is 4.00. The summed E-state index contributed by atoms with van der Waals surface area (Å²) >= 11 is 0. The predicted molar refractivity (Wildman–Crippen MR) is 72.8 cm³/mol. The molecule has 114 valence electrons. The second kappa shape index (κ2) is 5.02. The average Bonchev–Trinajstić information content (AvgIpc) is 2.92. The van der Waals surface area contributed by atoms with Crippen LogP contribution in [0.3, 0.4) is 0 Å². The van der Waals surface area contributed by atoms with E-state index in [0.29, 0.717) is 18.0 Å². The summed E-state index contributed by atoms with van der Waals surface area (Å²) in [4.78, 5) is 6.23. The van der Waals surface area contributed by atoms with Gasteiger partial charge >= 0.3 is 6.18 Å². The number of aryl methyl sites for hydroxylation is 1. The van der Waals surface area contributed by atoms with Crippen LogP contribution < -0.4 is 0 Å². The SMILES string of the molecule is Cc1nc2cc(CN3CC[C@H](C)C3)cc(C(F)(F)F)c2o1. The smallest absolute Gasteiger partial charge is 0.420 e. The Bertz CT molecular complexity index is 663. The van der Waals surface area contributed by atoms with Crippen LogP contribution in [0.4, 0.5) is 13.2 Å². The molecule has 2 heterocycles. The van der Waals surface area contributed by atoms with Crippen molar-refractivity contribution in [2.45, 2.75) is 33.0 Å². The van der Waals surface area contributed by atoms with Gasteiger partial charge in [0, 0.05) is 20.0 Å². The van der Waals surface area contributed by atoms with Crippen LogP contribution in [0.5, 0.6) is 0 Å². The van der Waals surface area contributed by atoms with Crippen LogP contribution in [-0.4, -0.2) is 23.0 Å². The first kappa shape index (κ1) is 14.4. The first-order valence-corrected chi connectivity index (χ1v) is 7.02. The number of halogens is 3. The first-order chi connectivity index (χ1) is 9.83. The Morgan fingerprint density at radius 3 is 2.76 bits per heavy atom. The zero-order valence-corrected chi connectivity index (χ0v) is 12.0. The highest BCUT2D eigenvalue weighted by Crippen LogP contribution is 2.36. The highest BCUT2D eigenvalue weighted by atomic mass is 19.4. The van der Waals surface area contributed by atoms with Crippen molar-refractivity contribution in [2.24, 2.45) is 5.92 Å². The number of hydrogen-bond acceptors (Lipinski definition) is 3. The third kappa shape index (κ3) is 2.90. The van der Waals surface area contributed by atoms with Crippen molar-refractivity contribution in [3.63, 3.8) is 0 Å². The summed E-state index contributed by atoms with van der Waals surface area (Å²) in [5.41, 5.74) is 0.0168. The van der Waals surface area contributed by atoms with Crippen molar-refractivity contribution < 1.29 is 17.6 Å². The zero-order chi connectivity index (χ0) is 15.2. The minimum atomic E-state index is -4.43. The van der Waals surface area contributed by atoms with Gasteiger partial charge in [0.15, 0.2) is 11.5 Å². The third-order valence-corrected chi connectivity index (χ3v) is 3.88. The second-order valence-corrected chi connectivity index (χ2v) is 5.85. The van der Waals surface area contributed by atoms with E-state index in [1.807, 2.05) is 0 Å². The summed E-state index contributed by atoms with van der Waals surface area (Å²) in [7, 11) is 0. The molecule has 1 atom stereocenters. The molecule has 1 aromatic carbocycles. The van der Waals surface area contributed by atoms with Crippen molar-refractivity contribution in [3.8, 4) is 0 Å². The van der Waals surface area contributed by atoms with Crippen LogP contribution >= 0.6 is 0 Å². The molecule has 0 radical (unpaired) electrons. The fourth-order valence-corrected chi connectivity index (χ4v) is 2.93. The van der Waals surface area contributed by atoms with Crippen molar-refractivity contribution in [2.75, 3.05) is 13.1 Å². The Morgan fingerprint density at radius 2 is 2.14 bits per heavy atom. The van der Waals surface area contributed by atoms with E-state index in [0.717, 1.165) is 19.5 Å². The monoisotopic (exact) mass is 298 g/mol. The van der Waals surface area contributed by atoms with Crippen LogP contribution in [0.15, 0.2) is 16.5 Å². The lowest BCUT2D eigenvalue weighted by atomic mass is 10.1. The quantitative estimate of drug-likeness (QED) is 0.839. The summed E-state index contributed by atoms with van der Waals surface area (Å²) in [6.45, 7) is 6.10. The molecule has 1 aliphatic heterocycles. The summed E-state index contributed by atoms with van der Waals surface area (Å²) in [6.07, 6.45) is -3.34. The van der Waals surface area contributed by atoms with Gasteiger partial charge in [-0.25, -0.2) is 4.98 Å². The number of aromatic nitrogens is 1. The fraction of sp³-hybridized carbons (Fsp3) is 0.533. The molecule has 1 aliphatic rings. The lowest BCUT2D eigenvalue weighted by Crippen LogP contribution is -2.20. The van der Waals surface area contributed by atoms with E-state index in [2.05, 4.69) is 16.8 Å². The molecule has 1 fully saturated rings. The van der Waals surface area contributed by atoms with E-state index in [1.165, 1.54) is 6.07 Å². The largest absolute Gasteiger partial charge is 0.440 e. The van der Waals surface area contributed by atoms with Gasteiger partial charge in [0.1, 0.15) is 11.1 Å². The number of fused-ring (bicyclic) bond motifs is 1. The van der Waals surface area contributed by atoms with Crippen LogP contribution in [-0.2, 0) is 12.7 Å². The number of hydrogen-bond donors (Lipinski definition) is 0. The standard InChI is InChI=1S/C15H17F3N2O/c1-9-3-4-20(7-9)8-11-5-12(15(16,17)18)14-13(6-11)19-10(2)21-14/h5-6,9H,3-4,7-8H2,1-2H3/t9-/m0/s1. The van der Waals surface area contributed by atoms with Gasteiger partial charge in [-0.1, -0.05) is 6.92 Å². The summed E-state index contributed by atoms with van der Waals surface area (Å²) in [6, 6.07) is 2.89. The molecular weight excluding hydrogens is 281 g/mol. The molecule has 0 spiro atoms. The van der Waals surface area contributed by atoms with E-state index in [-0.39, 0.29) is 17.0 Å². The third-order valence-electron chi connectivity index (χ3n) is 3.88. The van der Waals surface area contributed by atoms with Crippen LogP contribution in [0.2, 0.25) is 0 Å². The second-order valence-electron chi connectivity index (χ2n) is 5.85. The minimum Gasteiger partial charge on any atom is -0.440 e. The van der Waals surface area contributed by atoms with Crippen molar-refractivity contribution in [3.05, 3.63) is 29.2 Å². The first-order valence-electron chi connectivity index (χ1n) is 7.02. The fourth-order valence-electron chi connectivity index (χ4n) is 2.93. The summed E-state index contributed by atoms with van der Waals surface area (Å²) in [5.74, 6) is 0.854.